The van der Waals surface area contributed by atoms with Gasteiger partial charge in [0.25, 0.3) is 5.91 Å². The highest BCUT2D eigenvalue weighted by Gasteiger charge is 2.37. The molecule has 2 bridgehead atoms. The number of alkyl carbamates (subject to hydrolysis) is 1. The third kappa shape index (κ3) is 9.55. The van der Waals surface area contributed by atoms with Crippen LogP contribution in [0.5, 0.6) is 11.5 Å². The van der Waals surface area contributed by atoms with Gasteiger partial charge in [-0.15, -0.1) is 0 Å². The lowest BCUT2D eigenvalue weighted by Gasteiger charge is -2.43. The Morgan fingerprint density at radius 1 is 0.927 bits per heavy atom. The molecule has 5 aromatic rings. The van der Waals surface area contributed by atoms with Gasteiger partial charge in [0.2, 0.25) is 5.56 Å². The lowest BCUT2D eigenvalue weighted by atomic mass is 9.86. The molecule has 13 nitrogen and oxygen atoms in total. The smallest absolute Gasteiger partial charge is 0.408 e. The number of benzene rings is 3. The number of nitrogens with zero attached hydrogens (tertiary/aromatic N) is 1. The van der Waals surface area contributed by atoms with Crippen LogP contribution in [0.3, 0.4) is 0 Å². The number of aliphatic hydroxyl groups is 1. The number of hydrogen-bond donors (Lipinski definition) is 6. The summed E-state index contributed by atoms with van der Waals surface area (Å²) in [6, 6.07) is 26.2. The third-order valence-corrected chi connectivity index (χ3v) is 10.4. The van der Waals surface area contributed by atoms with Gasteiger partial charge in [-0.2, -0.15) is 0 Å². The van der Waals surface area contributed by atoms with Crippen molar-refractivity contribution in [3.63, 3.8) is 0 Å². The minimum absolute atomic E-state index is 0.0545. The summed E-state index contributed by atoms with van der Waals surface area (Å²) in [6.07, 6.45) is 2.21. The van der Waals surface area contributed by atoms with Crippen molar-refractivity contribution >= 4 is 22.9 Å². The van der Waals surface area contributed by atoms with E-state index in [1.165, 1.54) is 12.1 Å². The normalized spacial score (nSPS) is 18.7. The monoisotopic (exact) mass is 749 g/mol. The molecule has 13 heteroatoms. The Balaban J connectivity index is 0.849. The Morgan fingerprint density at radius 2 is 1.73 bits per heavy atom. The number of aromatic nitrogens is 1. The predicted molar refractivity (Wildman–Crippen MR) is 206 cm³/mol. The number of fused-ring (bicyclic) bond motifs is 4. The highest BCUT2D eigenvalue weighted by molar-refractivity contribution is 5.91. The fourth-order valence-corrected chi connectivity index (χ4v) is 7.42. The van der Waals surface area contributed by atoms with Crippen LogP contribution in [0.2, 0.25) is 0 Å². The standard InChI is InChI=1S/C42H47N5O8/c48-34-14-12-32(33-13-16-38(50)45-40(33)34)35(49)24-43-19-4-5-20-44-41(51)36-15-11-31(54-36)26-53-30-10-6-9-29(23-30)39(28-7-2-1-3-8-28)46-42(52)55-37-25-47-21-17-27(37)18-22-47/h1-3,6-16,23,27,35,37,39,43,48-49H,4-5,17-22,24-26H2,(H,44,51)(H,45,50)(H,46,52)/t35-,37-,39-/m0/s1. The van der Waals surface area contributed by atoms with Crippen molar-refractivity contribution in [2.45, 2.75) is 50.5 Å². The zero-order valence-corrected chi connectivity index (χ0v) is 30.5. The Hall–Kier alpha value is -5.63. The number of carbonyl (C=O) groups is 2. The van der Waals surface area contributed by atoms with E-state index >= 15 is 0 Å². The second-order valence-electron chi connectivity index (χ2n) is 14.2. The Bertz CT molecular complexity index is 2130. The van der Waals surface area contributed by atoms with E-state index in [9.17, 15) is 24.6 Å². The van der Waals surface area contributed by atoms with Crippen molar-refractivity contribution in [1.29, 1.82) is 0 Å². The van der Waals surface area contributed by atoms with Gasteiger partial charge in [0.1, 0.15) is 30.0 Å². The number of furan rings is 1. The lowest BCUT2D eigenvalue weighted by molar-refractivity contribution is -0.0336. The fourth-order valence-electron chi connectivity index (χ4n) is 7.42. The van der Waals surface area contributed by atoms with Crippen LogP contribution in [0.1, 0.15) is 70.8 Å². The van der Waals surface area contributed by atoms with Crippen molar-refractivity contribution in [3.05, 3.63) is 130 Å². The molecule has 0 aliphatic carbocycles. The molecule has 0 radical (unpaired) electrons. The van der Waals surface area contributed by atoms with E-state index in [0.29, 0.717) is 53.4 Å². The summed E-state index contributed by atoms with van der Waals surface area (Å²) in [4.78, 5) is 42.6. The number of aromatic amines is 1. The van der Waals surface area contributed by atoms with E-state index in [1.54, 1.807) is 24.3 Å². The van der Waals surface area contributed by atoms with Crippen molar-refractivity contribution in [1.82, 2.24) is 25.8 Å². The van der Waals surface area contributed by atoms with Gasteiger partial charge in [-0.3, -0.25) is 14.5 Å². The minimum atomic E-state index is -0.840. The molecule has 6 N–H and O–H groups in total. The molecule has 3 aliphatic rings. The fraction of sp³-hybridized carbons (Fsp3) is 0.357. The van der Waals surface area contributed by atoms with Crippen molar-refractivity contribution in [3.8, 4) is 11.5 Å². The summed E-state index contributed by atoms with van der Waals surface area (Å²) in [7, 11) is 0. The molecule has 3 atom stereocenters. The van der Waals surface area contributed by atoms with Gasteiger partial charge in [-0.05, 0) is 104 Å². The number of amides is 2. The molecule has 2 amide bonds. The number of hydrogen-bond acceptors (Lipinski definition) is 10. The number of ether oxygens (including phenoxy) is 2. The van der Waals surface area contributed by atoms with E-state index in [2.05, 4.69) is 25.8 Å². The number of rotatable bonds is 16. The summed E-state index contributed by atoms with van der Waals surface area (Å²) in [5.74, 6) is 1.30. The van der Waals surface area contributed by atoms with Gasteiger partial charge >= 0.3 is 6.09 Å². The number of H-pyrrole nitrogens is 1. The van der Waals surface area contributed by atoms with Crippen LogP contribution < -0.4 is 26.2 Å². The molecule has 3 aliphatic heterocycles. The summed E-state index contributed by atoms with van der Waals surface area (Å²) in [5.41, 5.74) is 2.32. The number of nitrogens with one attached hydrogen (secondary N) is 4. The van der Waals surface area contributed by atoms with Crippen LogP contribution in [0.4, 0.5) is 4.79 Å². The van der Waals surface area contributed by atoms with Gasteiger partial charge in [0, 0.05) is 31.1 Å². The van der Waals surface area contributed by atoms with Gasteiger partial charge in [-0.1, -0.05) is 48.5 Å². The minimum Gasteiger partial charge on any atom is -0.506 e. The van der Waals surface area contributed by atoms with Gasteiger partial charge in [0.05, 0.1) is 17.7 Å². The number of aromatic hydroxyl groups is 1. The van der Waals surface area contributed by atoms with Crippen molar-refractivity contribution in [2.24, 2.45) is 5.92 Å². The van der Waals surface area contributed by atoms with E-state index < -0.39 is 18.2 Å². The zero-order chi connectivity index (χ0) is 38.1. The highest BCUT2D eigenvalue weighted by Crippen LogP contribution is 2.31. The number of phenols is 1. The molecule has 0 spiro atoms. The van der Waals surface area contributed by atoms with E-state index in [4.69, 9.17) is 13.9 Å². The summed E-state index contributed by atoms with van der Waals surface area (Å²) in [6.45, 7) is 4.39. The van der Waals surface area contributed by atoms with Crippen LogP contribution >= 0.6 is 0 Å². The van der Waals surface area contributed by atoms with Crippen molar-refractivity contribution < 1.29 is 33.7 Å². The van der Waals surface area contributed by atoms with Crippen molar-refractivity contribution in [2.75, 3.05) is 39.3 Å². The third-order valence-electron chi connectivity index (χ3n) is 10.4. The predicted octanol–water partition coefficient (Wildman–Crippen LogP) is 5.15. The van der Waals surface area contributed by atoms with Gasteiger partial charge < -0.3 is 45.0 Å². The molecule has 55 heavy (non-hydrogen) atoms. The maximum Gasteiger partial charge on any atom is 0.408 e. The average molecular weight is 750 g/mol. The second-order valence-corrected chi connectivity index (χ2v) is 14.2. The Kier molecular flexibility index (Phi) is 12.1. The molecule has 3 fully saturated rings. The maximum atomic E-state index is 13.2. The molecule has 5 heterocycles. The van der Waals surface area contributed by atoms with Crippen LogP contribution in [-0.4, -0.2) is 77.5 Å². The molecule has 0 saturated carbocycles. The number of piperidine rings is 3. The summed E-state index contributed by atoms with van der Waals surface area (Å²) in [5, 5.41) is 30.6. The molecular weight excluding hydrogens is 702 g/mol. The number of unbranched alkanes of at least 4 members (excludes halogenated alkanes) is 1. The highest BCUT2D eigenvalue weighted by atomic mass is 16.6. The molecule has 2 aromatic heterocycles. The molecule has 3 saturated heterocycles. The first-order valence-corrected chi connectivity index (χ1v) is 18.9. The zero-order valence-electron chi connectivity index (χ0n) is 30.5. The number of carbonyl (C=O) groups excluding carboxylic acids is 2. The average Bonchev–Trinajstić information content (AvgIpc) is 3.69. The van der Waals surface area contributed by atoms with E-state index in [1.807, 2.05) is 54.6 Å². The van der Waals surface area contributed by atoms with E-state index in [-0.39, 0.29) is 42.2 Å². The Labute approximate surface area is 318 Å². The number of pyridine rings is 1. The number of aliphatic hydroxyl groups excluding tert-OH is 1. The van der Waals surface area contributed by atoms with Crippen LogP contribution in [0.25, 0.3) is 10.9 Å². The molecule has 8 rings (SSSR count). The second kappa shape index (κ2) is 17.7. The molecule has 0 unspecified atom stereocenters. The molecular formula is C42H47N5O8. The topological polar surface area (TPSA) is 178 Å². The quantitative estimate of drug-likeness (QED) is 0.0740. The summed E-state index contributed by atoms with van der Waals surface area (Å²) < 4.78 is 17.8. The number of phenolic OH excluding ortho intramolecular Hbond substituents is 1. The summed E-state index contributed by atoms with van der Waals surface area (Å²) >= 11 is 0. The molecule has 288 valence electrons. The van der Waals surface area contributed by atoms with E-state index in [0.717, 1.165) is 50.0 Å². The van der Waals surface area contributed by atoms with Crippen LogP contribution in [0.15, 0.2) is 100 Å². The first-order chi connectivity index (χ1) is 26.8. The van der Waals surface area contributed by atoms with Gasteiger partial charge in [0.15, 0.2) is 5.76 Å². The lowest BCUT2D eigenvalue weighted by Crippen LogP contribution is -2.52. The molecule has 3 aromatic carbocycles. The van der Waals surface area contributed by atoms with Gasteiger partial charge in [-0.25, -0.2) is 4.79 Å². The first-order valence-electron chi connectivity index (χ1n) is 18.9. The van der Waals surface area contributed by atoms with Crippen LogP contribution in [-0.2, 0) is 11.3 Å². The first kappa shape index (κ1) is 37.7. The largest absolute Gasteiger partial charge is 0.506 e. The Morgan fingerprint density at radius 3 is 2.53 bits per heavy atom. The maximum absolute atomic E-state index is 13.2. The van der Waals surface area contributed by atoms with Crippen LogP contribution in [0, 0.1) is 5.92 Å². The SMILES string of the molecule is O=C(N[C@@H](c1ccccc1)c1cccc(OCc2ccc(C(=O)NCCCCNC[C@H](O)c3ccc(O)c4[nH]c(=O)ccc34)o2)c1)O[C@H]1CN2CCC1CC2.